The van der Waals surface area contributed by atoms with Crippen molar-refractivity contribution in [3.8, 4) is 0 Å². The number of ether oxygens (including phenoxy) is 1. The first-order valence-electron chi connectivity index (χ1n) is 6.73. The zero-order chi connectivity index (χ0) is 14.7. The predicted octanol–water partition coefficient (Wildman–Crippen LogP) is 3.15. The molecule has 1 atom stereocenters. The van der Waals surface area contributed by atoms with Gasteiger partial charge in [-0.05, 0) is 25.0 Å². The molecular weight excluding hydrogens is 252 g/mol. The van der Waals surface area contributed by atoms with Gasteiger partial charge < -0.3 is 10.1 Å². The smallest absolute Gasteiger partial charge is 0.328 e. The van der Waals surface area contributed by atoms with Gasteiger partial charge in [-0.2, -0.15) is 0 Å². The van der Waals surface area contributed by atoms with Gasteiger partial charge >= 0.3 is 5.97 Å². The SMILES string of the molecule is COC(=O)C(Nc1cc(C)nc2ccccc12)C(C)C. The number of aromatic nitrogens is 1. The summed E-state index contributed by atoms with van der Waals surface area (Å²) in [4.78, 5) is 16.4. The van der Waals surface area contributed by atoms with Crippen molar-refractivity contribution in [3.05, 3.63) is 36.0 Å². The molecule has 1 unspecified atom stereocenters. The molecule has 0 radical (unpaired) electrons. The summed E-state index contributed by atoms with van der Waals surface area (Å²) in [6, 6.07) is 9.48. The number of benzene rings is 1. The molecule has 0 aliphatic rings. The van der Waals surface area contributed by atoms with Crippen LogP contribution in [-0.4, -0.2) is 24.1 Å². The summed E-state index contributed by atoms with van der Waals surface area (Å²) in [6.07, 6.45) is 0. The Bertz CT molecular complexity index is 623. The molecule has 1 heterocycles. The van der Waals surface area contributed by atoms with E-state index in [9.17, 15) is 4.79 Å². The maximum Gasteiger partial charge on any atom is 0.328 e. The number of nitrogens with one attached hydrogen (secondary N) is 1. The number of rotatable bonds is 4. The Morgan fingerprint density at radius 3 is 2.65 bits per heavy atom. The van der Waals surface area contributed by atoms with Crippen molar-refractivity contribution in [3.63, 3.8) is 0 Å². The number of carbonyl (C=O) groups excluding carboxylic acids is 1. The third kappa shape index (κ3) is 2.90. The third-order valence-electron chi connectivity index (χ3n) is 3.28. The van der Waals surface area contributed by atoms with E-state index < -0.39 is 0 Å². The fourth-order valence-electron chi connectivity index (χ4n) is 2.22. The van der Waals surface area contributed by atoms with Gasteiger partial charge in [0.25, 0.3) is 0 Å². The van der Waals surface area contributed by atoms with Crippen molar-refractivity contribution in [2.24, 2.45) is 5.92 Å². The zero-order valence-electron chi connectivity index (χ0n) is 12.3. The van der Waals surface area contributed by atoms with Crippen molar-refractivity contribution in [2.45, 2.75) is 26.8 Å². The average Bonchev–Trinajstić information content (AvgIpc) is 2.43. The minimum absolute atomic E-state index is 0.134. The van der Waals surface area contributed by atoms with Crippen LogP contribution in [0.1, 0.15) is 19.5 Å². The molecule has 0 saturated heterocycles. The van der Waals surface area contributed by atoms with Crippen LogP contribution in [0.25, 0.3) is 10.9 Å². The van der Waals surface area contributed by atoms with Crippen LogP contribution in [0.15, 0.2) is 30.3 Å². The highest BCUT2D eigenvalue weighted by molar-refractivity contribution is 5.93. The topological polar surface area (TPSA) is 51.2 Å². The van der Waals surface area contributed by atoms with Crippen molar-refractivity contribution < 1.29 is 9.53 Å². The zero-order valence-corrected chi connectivity index (χ0v) is 12.3. The molecule has 0 fully saturated rings. The van der Waals surface area contributed by atoms with Crippen LogP contribution in [0, 0.1) is 12.8 Å². The number of para-hydroxylation sites is 1. The van der Waals surface area contributed by atoms with Crippen molar-refractivity contribution in [2.75, 3.05) is 12.4 Å². The van der Waals surface area contributed by atoms with Crippen LogP contribution in [0.5, 0.6) is 0 Å². The quantitative estimate of drug-likeness (QED) is 0.869. The molecule has 1 N–H and O–H groups in total. The molecule has 0 amide bonds. The number of anilines is 1. The minimum Gasteiger partial charge on any atom is -0.467 e. The maximum atomic E-state index is 11.9. The standard InChI is InChI=1S/C16H20N2O2/c1-10(2)15(16(19)20-4)18-14-9-11(3)17-13-8-6-5-7-12(13)14/h5-10,15H,1-4H3,(H,17,18). The van der Waals surface area contributed by atoms with E-state index in [1.165, 1.54) is 7.11 Å². The molecule has 4 heteroatoms. The highest BCUT2D eigenvalue weighted by atomic mass is 16.5. The summed E-state index contributed by atoms with van der Waals surface area (Å²) in [6.45, 7) is 5.93. The van der Waals surface area contributed by atoms with E-state index >= 15 is 0 Å². The number of pyridine rings is 1. The summed E-state index contributed by atoms with van der Waals surface area (Å²) >= 11 is 0. The van der Waals surface area contributed by atoms with E-state index in [4.69, 9.17) is 4.74 Å². The lowest BCUT2D eigenvalue weighted by Crippen LogP contribution is -2.35. The summed E-state index contributed by atoms with van der Waals surface area (Å²) in [7, 11) is 1.41. The number of carbonyl (C=O) groups is 1. The number of hydrogen-bond donors (Lipinski definition) is 1. The molecule has 1 aromatic carbocycles. The second-order valence-electron chi connectivity index (χ2n) is 5.22. The van der Waals surface area contributed by atoms with Gasteiger partial charge in [-0.3, -0.25) is 4.98 Å². The van der Waals surface area contributed by atoms with Crippen LogP contribution >= 0.6 is 0 Å². The van der Waals surface area contributed by atoms with Gasteiger partial charge in [0.15, 0.2) is 0 Å². The highest BCUT2D eigenvalue weighted by Crippen LogP contribution is 2.25. The number of aryl methyl sites for hydroxylation is 1. The van der Waals surface area contributed by atoms with Crippen LogP contribution in [0.4, 0.5) is 5.69 Å². The van der Waals surface area contributed by atoms with Crippen LogP contribution in [0.3, 0.4) is 0 Å². The van der Waals surface area contributed by atoms with Gasteiger partial charge in [0.2, 0.25) is 0 Å². The minimum atomic E-state index is -0.370. The molecule has 0 saturated carbocycles. The van der Waals surface area contributed by atoms with Gasteiger partial charge in [0.05, 0.1) is 12.6 Å². The van der Waals surface area contributed by atoms with Gasteiger partial charge in [-0.25, -0.2) is 4.79 Å². The molecule has 4 nitrogen and oxygen atoms in total. The van der Waals surface area contributed by atoms with E-state index in [0.717, 1.165) is 22.3 Å². The van der Waals surface area contributed by atoms with Crippen LogP contribution in [0.2, 0.25) is 0 Å². The van der Waals surface area contributed by atoms with E-state index in [2.05, 4.69) is 10.3 Å². The molecule has 1 aromatic heterocycles. The molecular formula is C16H20N2O2. The van der Waals surface area contributed by atoms with Gasteiger partial charge in [0.1, 0.15) is 6.04 Å². The van der Waals surface area contributed by atoms with E-state index in [1.54, 1.807) is 0 Å². The monoisotopic (exact) mass is 272 g/mol. The number of fused-ring (bicyclic) bond motifs is 1. The van der Waals surface area contributed by atoms with Gasteiger partial charge in [-0.1, -0.05) is 32.0 Å². The fraction of sp³-hybridized carbons (Fsp3) is 0.375. The molecule has 2 aromatic rings. The summed E-state index contributed by atoms with van der Waals surface area (Å²) in [5, 5.41) is 4.31. The first-order valence-corrected chi connectivity index (χ1v) is 6.73. The summed E-state index contributed by atoms with van der Waals surface area (Å²) in [5.74, 6) is -0.117. The summed E-state index contributed by atoms with van der Waals surface area (Å²) in [5.41, 5.74) is 2.75. The maximum absolute atomic E-state index is 11.9. The van der Waals surface area contributed by atoms with Gasteiger partial charge in [-0.15, -0.1) is 0 Å². The highest BCUT2D eigenvalue weighted by Gasteiger charge is 2.23. The van der Waals surface area contributed by atoms with E-state index in [1.807, 2.05) is 51.1 Å². The van der Waals surface area contributed by atoms with Gasteiger partial charge in [0, 0.05) is 16.8 Å². The Hall–Kier alpha value is -2.10. The largest absolute Gasteiger partial charge is 0.467 e. The summed E-state index contributed by atoms with van der Waals surface area (Å²) < 4.78 is 4.87. The molecule has 0 aliphatic carbocycles. The number of esters is 1. The second kappa shape index (κ2) is 5.90. The lowest BCUT2D eigenvalue weighted by Gasteiger charge is -2.22. The van der Waals surface area contributed by atoms with E-state index in [-0.39, 0.29) is 17.9 Å². The lowest BCUT2D eigenvalue weighted by molar-refractivity contribution is -0.142. The predicted molar refractivity (Wildman–Crippen MR) is 80.7 cm³/mol. The van der Waals surface area contributed by atoms with E-state index in [0.29, 0.717) is 0 Å². The Labute approximate surface area is 119 Å². The Balaban J connectivity index is 2.44. The molecule has 0 aliphatic heterocycles. The van der Waals surface area contributed by atoms with Crippen LogP contribution in [-0.2, 0) is 9.53 Å². The Morgan fingerprint density at radius 1 is 1.30 bits per heavy atom. The Kier molecular flexibility index (Phi) is 4.23. The first-order chi connectivity index (χ1) is 9.52. The Morgan fingerprint density at radius 2 is 2.00 bits per heavy atom. The molecule has 20 heavy (non-hydrogen) atoms. The van der Waals surface area contributed by atoms with Crippen LogP contribution < -0.4 is 5.32 Å². The fourth-order valence-corrected chi connectivity index (χ4v) is 2.22. The molecule has 2 rings (SSSR count). The first kappa shape index (κ1) is 14.3. The average molecular weight is 272 g/mol. The van der Waals surface area contributed by atoms with Crippen molar-refractivity contribution >= 4 is 22.6 Å². The molecule has 0 bridgehead atoms. The second-order valence-corrected chi connectivity index (χ2v) is 5.22. The van der Waals surface area contributed by atoms with Crippen molar-refractivity contribution in [1.82, 2.24) is 4.98 Å². The third-order valence-corrected chi connectivity index (χ3v) is 3.28. The number of hydrogen-bond acceptors (Lipinski definition) is 4. The van der Waals surface area contributed by atoms with Crippen molar-refractivity contribution in [1.29, 1.82) is 0 Å². The molecule has 0 spiro atoms. The lowest BCUT2D eigenvalue weighted by atomic mass is 10.0. The normalized spacial score (nSPS) is 12.4. The number of nitrogens with zero attached hydrogens (tertiary/aromatic N) is 1. The molecule has 106 valence electrons. The number of methoxy groups -OCH3 is 1.